The maximum atomic E-state index is 14.8. The van der Waals surface area contributed by atoms with Crippen molar-refractivity contribution in [2.45, 2.75) is 64.0 Å². The normalized spacial score (nSPS) is 17.6. The number of rotatable bonds is 6. The van der Waals surface area contributed by atoms with E-state index in [9.17, 15) is 14.3 Å². The van der Waals surface area contributed by atoms with Crippen molar-refractivity contribution in [2.24, 2.45) is 0 Å². The molecule has 3 N–H and O–H groups in total. The van der Waals surface area contributed by atoms with Crippen molar-refractivity contribution in [3.05, 3.63) is 69.5 Å². The van der Waals surface area contributed by atoms with E-state index in [0.717, 1.165) is 18.8 Å². The predicted molar refractivity (Wildman–Crippen MR) is 144 cm³/mol. The number of aliphatic hydroxyl groups excluding tert-OH is 1. The van der Waals surface area contributed by atoms with Gasteiger partial charge in [0, 0.05) is 41.8 Å². The molecule has 0 amide bonds. The third kappa shape index (κ3) is 3.90. The first-order valence-electron chi connectivity index (χ1n) is 13.0. The minimum absolute atomic E-state index is 0.0490. The summed E-state index contributed by atoms with van der Waals surface area (Å²) in [7, 11) is 0. The van der Waals surface area contributed by atoms with E-state index in [1.807, 2.05) is 19.9 Å². The summed E-state index contributed by atoms with van der Waals surface area (Å²) >= 11 is 0. The summed E-state index contributed by atoms with van der Waals surface area (Å²) in [5.41, 5.74) is 3.12. The average molecular weight is 518 g/mol. The lowest BCUT2D eigenvalue weighted by Gasteiger charge is -2.33. The highest BCUT2D eigenvalue weighted by Gasteiger charge is 2.47. The quantitative estimate of drug-likeness (QED) is 0.356. The minimum atomic E-state index is -0.663. The summed E-state index contributed by atoms with van der Waals surface area (Å²) in [4.78, 5) is 27.1. The standard InChI is InChI=1S/C28H32FN7O2/c1-16(2)35-25(38)19-13-31-26(32-18-5-6-20-17(11-18)12-30-14-27(20,3)4)34-24(19)36(35)22-8-7-21(29)23(33-22)28(15-37)9-10-28/h5-8,11,13,16,30,37H,9-10,12,14-15H2,1-4H3,(H,31,32,34). The molecular formula is C28H32FN7O2. The second kappa shape index (κ2) is 8.71. The Morgan fingerprint density at radius 3 is 2.68 bits per heavy atom. The lowest BCUT2D eigenvalue weighted by Crippen LogP contribution is -2.38. The molecule has 1 aliphatic carbocycles. The first kappa shape index (κ1) is 24.7. The van der Waals surface area contributed by atoms with E-state index in [1.165, 1.54) is 29.5 Å². The Balaban J connectivity index is 1.45. The number of benzene rings is 1. The molecule has 1 aromatic carbocycles. The van der Waals surface area contributed by atoms with Gasteiger partial charge >= 0.3 is 0 Å². The summed E-state index contributed by atoms with van der Waals surface area (Å²) in [6.07, 6.45) is 2.86. The van der Waals surface area contributed by atoms with Crippen LogP contribution in [0.25, 0.3) is 16.9 Å². The zero-order valence-corrected chi connectivity index (χ0v) is 22.0. The number of pyridine rings is 1. The molecule has 0 radical (unpaired) electrons. The third-order valence-electron chi connectivity index (χ3n) is 7.79. The van der Waals surface area contributed by atoms with Gasteiger partial charge in [-0.25, -0.2) is 23.7 Å². The van der Waals surface area contributed by atoms with Crippen LogP contribution in [0, 0.1) is 5.82 Å². The first-order chi connectivity index (χ1) is 18.1. The molecule has 1 aliphatic heterocycles. The maximum Gasteiger partial charge on any atom is 0.278 e. The molecule has 0 spiro atoms. The van der Waals surface area contributed by atoms with Gasteiger partial charge < -0.3 is 15.7 Å². The largest absolute Gasteiger partial charge is 0.395 e. The second-order valence-corrected chi connectivity index (χ2v) is 11.4. The molecular weight excluding hydrogens is 485 g/mol. The number of hydrogen-bond acceptors (Lipinski definition) is 7. The Morgan fingerprint density at radius 1 is 1.18 bits per heavy atom. The number of aromatic nitrogens is 5. The number of fused-ring (bicyclic) bond motifs is 2. The monoisotopic (exact) mass is 517 g/mol. The molecule has 1 fully saturated rings. The van der Waals surface area contributed by atoms with E-state index in [-0.39, 0.29) is 29.3 Å². The molecule has 0 atom stereocenters. The van der Waals surface area contributed by atoms with Crippen molar-refractivity contribution in [3.63, 3.8) is 0 Å². The fourth-order valence-electron chi connectivity index (χ4n) is 5.50. The van der Waals surface area contributed by atoms with Gasteiger partial charge in [-0.05, 0) is 62.1 Å². The zero-order chi connectivity index (χ0) is 26.8. The van der Waals surface area contributed by atoms with Crippen LogP contribution in [-0.2, 0) is 17.4 Å². The molecule has 1 saturated carbocycles. The van der Waals surface area contributed by atoms with Crippen LogP contribution in [0.4, 0.5) is 16.0 Å². The summed E-state index contributed by atoms with van der Waals surface area (Å²) < 4.78 is 18.0. The third-order valence-corrected chi connectivity index (χ3v) is 7.79. The van der Waals surface area contributed by atoms with Crippen LogP contribution >= 0.6 is 0 Å². The molecule has 3 aromatic heterocycles. The summed E-state index contributed by atoms with van der Waals surface area (Å²) in [6.45, 7) is 9.78. The van der Waals surface area contributed by atoms with E-state index in [4.69, 9.17) is 4.98 Å². The molecule has 9 nitrogen and oxygen atoms in total. The number of halogens is 1. The highest BCUT2D eigenvalue weighted by molar-refractivity contribution is 5.77. The van der Waals surface area contributed by atoms with Crippen molar-refractivity contribution in [1.82, 2.24) is 29.6 Å². The fourth-order valence-corrected chi connectivity index (χ4v) is 5.50. The molecule has 38 heavy (non-hydrogen) atoms. The maximum absolute atomic E-state index is 14.8. The van der Waals surface area contributed by atoms with E-state index < -0.39 is 11.2 Å². The number of hydrogen-bond donors (Lipinski definition) is 3. The van der Waals surface area contributed by atoms with Crippen LogP contribution in [0.1, 0.15) is 63.4 Å². The predicted octanol–water partition coefficient (Wildman–Crippen LogP) is 3.85. The molecule has 4 aromatic rings. The summed E-state index contributed by atoms with van der Waals surface area (Å²) in [5, 5.41) is 17.0. The van der Waals surface area contributed by atoms with E-state index >= 15 is 0 Å². The first-order valence-corrected chi connectivity index (χ1v) is 13.0. The van der Waals surface area contributed by atoms with E-state index in [2.05, 4.69) is 46.6 Å². The number of nitrogens with one attached hydrogen (secondary N) is 2. The molecule has 0 bridgehead atoms. The van der Waals surface area contributed by atoms with Crippen LogP contribution in [0.3, 0.4) is 0 Å². The fraction of sp³-hybridized carbons (Fsp3) is 0.429. The Kier molecular flexibility index (Phi) is 5.66. The Bertz CT molecular complexity index is 1620. The highest BCUT2D eigenvalue weighted by Crippen LogP contribution is 2.48. The minimum Gasteiger partial charge on any atom is -0.395 e. The van der Waals surface area contributed by atoms with Crippen LogP contribution < -0.4 is 16.2 Å². The van der Waals surface area contributed by atoms with Gasteiger partial charge in [0.1, 0.15) is 11.2 Å². The van der Waals surface area contributed by atoms with Gasteiger partial charge in [0.15, 0.2) is 11.5 Å². The SMILES string of the molecule is CC(C)n1c(=O)c2cnc(Nc3ccc4c(c3)CNCC4(C)C)nc2n1-c1ccc(F)c(C2(CO)CC2)n1. The van der Waals surface area contributed by atoms with Crippen LogP contribution in [0.5, 0.6) is 0 Å². The molecule has 10 heteroatoms. The summed E-state index contributed by atoms with van der Waals surface area (Å²) in [6, 6.07) is 8.92. The average Bonchev–Trinajstić information content (AvgIpc) is 3.62. The molecule has 4 heterocycles. The van der Waals surface area contributed by atoms with E-state index in [0.29, 0.717) is 35.6 Å². The van der Waals surface area contributed by atoms with E-state index in [1.54, 1.807) is 9.36 Å². The zero-order valence-electron chi connectivity index (χ0n) is 22.0. The molecule has 198 valence electrons. The number of anilines is 2. The smallest absolute Gasteiger partial charge is 0.278 e. The van der Waals surface area contributed by atoms with Gasteiger partial charge in [-0.1, -0.05) is 19.9 Å². The van der Waals surface area contributed by atoms with Crippen molar-refractivity contribution >= 4 is 22.7 Å². The van der Waals surface area contributed by atoms with Crippen molar-refractivity contribution < 1.29 is 9.50 Å². The highest BCUT2D eigenvalue weighted by atomic mass is 19.1. The topological polar surface area (TPSA) is 110 Å². The van der Waals surface area contributed by atoms with Crippen LogP contribution in [0.15, 0.2) is 41.3 Å². The van der Waals surface area contributed by atoms with Gasteiger partial charge in [0.2, 0.25) is 5.95 Å². The van der Waals surface area contributed by atoms with Crippen LogP contribution in [-0.4, -0.2) is 42.6 Å². The van der Waals surface area contributed by atoms with Gasteiger partial charge in [0.25, 0.3) is 5.56 Å². The Labute approximate surface area is 219 Å². The second-order valence-electron chi connectivity index (χ2n) is 11.4. The molecule has 0 unspecified atom stereocenters. The van der Waals surface area contributed by atoms with Gasteiger partial charge in [-0.3, -0.25) is 4.79 Å². The Morgan fingerprint density at radius 2 is 1.97 bits per heavy atom. The lowest BCUT2D eigenvalue weighted by atomic mass is 9.79. The van der Waals surface area contributed by atoms with Gasteiger partial charge in [0.05, 0.1) is 12.3 Å². The number of nitrogens with zero attached hydrogens (tertiary/aromatic N) is 5. The molecule has 6 rings (SSSR count). The lowest BCUT2D eigenvalue weighted by molar-refractivity contribution is 0.249. The van der Waals surface area contributed by atoms with Crippen LogP contribution in [0.2, 0.25) is 0 Å². The molecule has 0 saturated heterocycles. The summed E-state index contributed by atoms with van der Waals surface area (Å²) in [5.74, 6) is 0.248. The Hall–Kier alpha value is -3.63. The van der Waals surface area contributed by atoms with Gasteiger partial charge in [-0.2, -0.15) is 4.98 Å². The van der Waals surface area contributed by atoms with Gasteiger partial charge in [-0.15, -0.1) is 0 Å². The van der Waals surface area contributed by atoms with Crippen molar-refractivity contribution in [3.8, 4) is 5.82 Å². The van der Waals surface area contributed by atoms with Crippen molar-refractivity contribution in [1.29, 1.82) is 0 Å². The van der Waals surface area contributed by atoms with Crippen molar-refractivity contribution in [2.75, 3.05) is 18.5 Å². The molecule has 2 aliphatic rings. The number of aliphatic hydroxyl groups is 1.